The van der Waals surface area contributed by atoms with Crippen LogP contribution in [0.15, 0.2) is 30.3 Å². The summed E-state index contributed by atoms with van der Waals surface area (Å²) >= 11 is 5.66. The normalized spacial score (nSPS) is 26.5. The standard InChI is InChI=1S/C21H22ClF2NO4/c22-12-8-15(23)20(16(24)9-12)25-7-6-21(28,19(27)10-25)11-29-18-3-1-2-13-14(18)4-5-17(13)26/h1-3,8-9,17,19,26-28H,4-7,10-11H2/t17?,19-,21-/m1/s1. The molecule has 5 nitrogen and oxygen atoms in total. The van der Waals surface area contributed by atoms with Crippen molar-refractivity contribution >= 4 is 17.3 Å². The van der Waals surface area contributed by atoms with Crippen molar-refractivity contribution in [1.82, 2.24) is 0 Å². The summed E-state index contributed by atoms with van der Waals surface area (Å²) in [7, 11) is 0. The van der Waals surface area contributed by atoms with Crippen LogP contribution in [0.3, 0.4) is 0 Å². The molecule has 3 atom stereocenters. The van der Waals surface area contributed by atoms with Crippen LogP contribution in [-0.2, 0) is 6.42 Å². The molecule has 8 heteroatoms. The lowest BCUT2D eigenvalue weighted by molar-refractivity contribution is -0.109. The fourth-order valence-electron chi connectivity index (χ4n) is 4.11. The van der Waals surface area contributed by atoms with Gasteiger partial charge in [0.1, 0.15) is 29.7 Å². The van der Waals surface area contributed by atoms with Crippen LogP contribution in [0.2, 0.25) is 5.02 Å². The molecule has 0 spiro atoms. The molecule has 29 heavy (non-hydrogen) atoms. The molecule has 1 aliphatic heterocycles. The number of anilines is 1. The Labute approximate surface area is 172 Å². The molecule has 0 radical (unpaired) electrons. The monoisotopic (exact) mass is 425 g/mol. The van der Waals surface area contributed by atoms with E-state index in [0.29, 0.717) is 18.6 Å². The molecule has 1 saturated heterocycles. The summed E-state index contributed by atoms with van der Waals surface area (Å²) in [6, 6.07) is 7.41. The highest BCUT2D eigenvalue weighted by molar-refractivity contribution is 6.30. The molecule has 2 aromatic carbocycles. The third-order valence-corrected chi connectivity index (χ3v) is 6.02. The van der Waals surface area contributed by atoms with E-state index >= 15 is 0 Å². The van der Waals surface area contributed by atoms with Crippen LogP contribution in [0, 0.1) is 11.6 Å². The summed E-state index contributed by atoms with van der Waals surface area (Å²) in [6.45, 7) is -0.181. The van der Waals surface area contributed by atoms with Gasteiger partial charge in [-0.1, -0.05) is 23.7 Å². The van der Waals surface area contributed by atoms with Crippen LogP contribution >= 0.6 is 11.6 Å². The summed E-state index contributed by atoms with van der Waals surface area (Å²) in [5.74, 6) is -1.07. The smallest absolute Gasteiger partial charge is 0.151 e. The van der Waals surface area contributed by atoms with Gasteiger partial charge in [-0.2, -0.15) is 0 Å². The Kier molecular flexibility index (Phi) is 5.42. The van der Waals surface area contributed by atoms with Crippen molar-refractivity contribution in [1.29, 1.82) is 0 Å². The van der Waals surface area contributed by atoms with Crippen LogP contribution in [0.4, 0.5) is 14.5 Å². The predicted octanol–water partition coefficient (Wildman–Crippen LogP) is 2.98. The van der Waals surface area contributed by atoms with E-state index in [4.69, 9.17) is 16.3 Å². The number of nitrogens with zero attached hydrogens (tertiary/aromatic N) is 1. The molecule has 1 heterocycles. The number of ether oxygens (including phenoxy) is 1. The highest BCUT2D eigenvalue weighted by Crippen LogP contribution is 2.38. The Bertz CT molecular complexity index is 905. The molecule has 2 aromatic rings. The summed E-state index contributed by atoms with van der Waals surface area (Å²) in [6.07, 6.45) is -0.428. The van der Waals surface area contributed by atoms with Gasteiger partial charge in [-0.15, -0.1) is 0 Å². The van der Waals surface area contributed by atoms with Gasteiger partial charge in [-0.05, 0) is 43.0 Å². The second-order valence-corrected chi connectivity index (χ2v) is 8.14. The number of aliphatic hydroxyl groups is 3. The molecule has 1 unspecified atom stereocenters. The lowest BCUT2D eigenvalue weighted by atomic mass is 9.89. The number of β-amino-alcohol motifs (C(OH)–C–C–N with tert-alkyl or cyclic N) is 1. The summed E-state index contributed by atoms with van der Waals surface area (Å²) < 4.78 is 34.2. The molecule has 3 N–H and O–H groups in total. The molecular formula is C21H22ClF2NO4. The lowest BCUT2D eigenvalue weighted by Gasteiger charge is -2.42. The van der Waals surface area contributed by atoms with Crippen molar-refractivity contribution in [2.24, 2.45) is 0 Å². The zero-order valence-electron chi connectivity index (χ0n) is 15.6. The van der Waals surface area contributed by atoms with E-state index in [0.717, 1.165) is 23.3 Å². The van der Waals surface area contributed by atoms with E-state index in [1.807, 2.05) is 6.07 Å². The quantitative estimate of drug-likeness (QED) is 0.702. The summed E-state index contributed by atoms with van der Waals surface area (Å²) in [5, 5.41) is 31.4. The van der Waals surface area contributed by atoms with Crippen LogP contribution < -0.4 is 9.64 Å². The van der Waals surface area contributed by atoms with Gasteiger partial charge in [0.05, 0.1) is 6.10 Å². The Hall–Kier alpha value is -1.93. The SMILES string of the molecule is OC1CCc2c(OC[C@]3(O)CCN(c4c(F)cc(Cl)cc4F)C[C@H]3O)cccc21. The minimum atomic E-state index is -1.56. The number of piperidine rings is 1. The van der Waals surface area contributed by atoms with Crippen LogP contribution in [0.1, 0.15) is 30.1 Å². The zero-order valence-corrected chi connectivity index (χ0v) is 16.4. The first-order valence-electron chi connectivity index (χ1n) is 9.51. The Morgan fingerprint density at radius 3 is 2.62 bits per heavy atom. The topological polar surface area (TPSA) is 73.2 Å². The van der Waals surface area contributed by atoms with Crippen LogP contribution in [-0.4, -0.2) is 46.7 Å². The fourth-order valence-corrected chi connectivity index (χ4v) is 4.30. The minimum absolute atomic E-state index is 0.0493. The summed E-state index contributed by atoms with van der Waals surface area (Å²) in [4.78, 5) is 1.36. The average Bonchev–Trinajstić information content (AvgIpc) is 3.04. The van der Waals surface area contributed by atoms with Gasteiger partial charge in [0.25, 0.3) is 0 Å². The third kappa shape index (κ3) is 3.80. The van der Waals surface area contributed by atoms with Crippen molar-refractivity contribution in [2.45, 2.75) is 37.1 Å². The van der Waals surface area contributed by atoms with Gasteiger partial charge in [-0.25, -0.2) is 8.78 Å². The molecular weight excluding hydrogens is 404 g/mol. The van der Waals surface area contributed by atoms with E-state index in [1.54, 1.807) is 12.1 Å². The summed E-state index contributed by atoms with van der Waals surface area (Å²) in [5.41, 5.74) is -0.110. The number of hydrogen-bond donors (Lipinski definition) is 3. The fraction of sp³-hybridized carbons (Fsp3) is 0.429. The van der Waals surface area contributed by atoms with E-state index < -0.39 is 29.4 Å². The van der Waals surface area contributed by atoms with Crippen LogP contribution in [0.25, 0.3) is 0 Å². The second kappa shape index (κ2) is 7.72. The molecule has 4 rings (SSSR count). The lowest BCUT2D eigenvalue weighted by Crippen LogP contribution is -2.58. The van der Waals surface area contributed by atoms with Gasteiger partial charge >= 0.3 is 0 Å². The largest absolute Gasteiger partial charge is 0.490 e. The number of benzene rings is 2. The van der Waals surface area contributed by atoms with Gasteiger partial charge < -0.3 is 25.0 Å². The van der Waals surface area contributed by atoms with Crippen molar-refractivity contribution in [3.8, 4) is 5.75 Å². The Morgan fingerprint density at radius 1 is 1.21 bits per heavy atom. The van der Waals surface area contributed by atoms with Gasteiger partial charge in [0.2, 0.25) is 0 Å². The van der Waals surface area contributed by atoms with Gasteiger partial charge in [0, 0.05) is 23.7 Å². The van der Waals surface area contributed by atoms with Gasteiger partial charge in [-0.3, -0.25) is 0 Å². The molecule has 156 valence electrons. The molecule has 1 fully saturated rings. The number of aliphatic hydroxyl groups excluding tert-OH is 2. The number of hydrogen-bond acceptors (Lipinski definition) is 5. The molecule has 2 aliphatic rings. The van der Waals surface area contributed by atoms with Crippen molar-refractivity contribution in [2.75, 3.05) is 24.6 Å². The van der Waals surface area contributed by atoms with E-state index in [2.05, 4.69) is 0 Å². The first-order valence-corrected chi connectivity index (χ1v) is 9.89. The molecule has 0 aromatic heterocycles. The maximum Gasteiger partial charge on any atom is 0.151 e. The van der Waals surface area contributed by atoms with Crippen LogP contribution in [0.5, 0.6) is 5.75 Å². The molecule has 0 amide bonds. The van der Waals surface area contributed by atoms with E-state index in [9.17, 15) is 24.1 Å². The highest BCUT2D eigenvalue weighted by Gasteiger charge is 2.43. The second-order valence-electron chi connectivity index (χ2n) is 7.70. The first kappa shape index (κ1) is 20.3. The van der Waals surface area contributed by atoms with Crippen molar-refractivity contribution in [3.63, 3.8) is 0 Å². The van der Waals surface area contributed by atoms with E-state index in [1.165, 1.54) is 4.90 Å². The van der Waals surface area contributed by atoms with E-state index in [-0.39, 0.29) is 36.8 Å². The first-order chi connectivity index (χ1) is 13.8. The molecule has 1 aliphatic carbocycles. The van der Waals surface area contributed by atoms with Crippen molar-refractivity contribution in [3.05, 3.63) is 58.1 Å². The highest BCUT2D eigenvalue weighted by atomic mass is 35.5. The zero-order chi connectivity index (χ0) is 20.8. The minimum Gasteiger partial charge on any atom is -0.490 e. The average molecular weight is 426 g/mol. The number of fused-ring (bicyclic) bond motifs is 1. The Balaban J connectivity index is 1.46. The van der Waals surface area contributed by atoms with Crippen molar-refractivity contribution < 1.29 is 28.8 Å². The van der Waals surface area contributed by atoms with Gasteiger partial charge in [0.15, 0.2) is 11.6 Å². The third-order valence-electron chi connectivity index (χ3n) is 5.80. The maximum absolute atomic E-state index is 14.2. The molecule has 0 bridgehead atoms. The maximum atomic E-state index is 14.2. The Morgan fingerprint density at radius 2 is 1.93 bits per heavy atom. The number of halogens is 3. The number of rotatable bonds is 4. The molecule has 0 saturated carbocycles. The predicted molar refractivity (Wildman–Crippen MR) is 104 cm³/mol.